The van der Waals surface area contributed by atoms with Crippen LogP contribution in [0.25, 0.3) is 5.57 Å². The SMILES string of the molecule is N#Cc1ccncc1C1C=CC(c2ccccc2N2C3=C(CCC=C3)[SiH](c3ccccc3)c3ccccc32)=CC1. The molecule has 0 saturated heterocycles. The van der Waals surface area contributed by atoms with E-state index in [0.29, 0.717) is 5.56 Å². The number of nitriles is 1. The minimum Gasteiger partial charge on any atom is -0.310 e. The first-order chi connectivity index (χ1) is 19.8. The summed E-state index contributed by atoms with van der Waals surface area (Å²) in [5, 5.41) is 14.2. The Hall–Kier alpha value is -4.72. The Labute approximate surface area is 237 Å². The van der Waals surface area contributed by atoms with E-state index in [2.05, 4.69) is 125 Å². The van der Waals surface area contributed by atoms with Crippen LogP contribution < -0.4 is 15.3 Å². The van der Waals surface area contributed by atoms with Crippen LogP contribution in [0.2, 0.25) is 0 Å². The summed E-state index contributed by atoms with van der Waals surface area (Å²) in [6, 6.07) is 33.1. The predicted molar refractivity (Wildman–Crippen MR) is 167 cm³/mol. The summed E-state index contributed by atoms with van der Waals surface area (Å²) < 4.78 is 0. The summed E-state index contributed by atoms with van der Waals surface area (Å²) >= 11 is 0. The Balaban J connectivity index is 1.33. The van der Waals surface area contributed by atoms with Crippen LogP contribution in [-0.4, -0.2) is 13.8 Å². The molecule has 3 nitrogen and oxygen atoms in total. The zero-order chi connectivity index (χ0) is 26.9. The zero-order valence-electron chi connectivity index (χ0n) is 22.2. The first-order valence-electron chi connectivity index (χ1n) is 14.0. The van der Waals surface area contributed by atoms with Crippen LogP contribution >= 0.6 is 0 Å². The molecule has 0 amide bonds. The van der Waals surface area contributed by atoms with Crippen LogP contribution in [0.4, 0.5) is 11.4 Å². The third-order valence-corrected chi connectivity index (χ3v) is 11.8. The molecular weight excluding hydrogens is 503 g/mol. The van der Waals surface area contributed by atoms with Gasteiger partial charge in [0.05, 0.1) is 17.3 Å². The van der Waals surface area contributed by atoms with Gasteiger partial charge in [-0.25, -0.2) is 0 Å². The summed E-state index contributed by atoms with van der Waals surface area (Å²) in [6.45, 7) is 0. The van der Waals surface area contributed by atoms with E-state index in [-0.39, 0.29) is 5.92 Å². The van der Waals surface area contributed by atoms with Crippen LogP contribution in [0, 0.1) is 11.3 Å². The average molecular weight is 532 g/mol. The van der Waals surface area contributed by atoms with E-state index in [1.807, 2.05) is 6.20 Å². The maximum absolute atomic E-state index is 9.60. The fourth-order valence-electron chi connectivity index (χ4n) is 6.49. The lowest BCUT2D eigenvalue weighted by molar-refractivity contribution is 0.845. The Morgan fingerprint density at radius 1 is 0.875 bits per heavy atom. The molecule has 0 bridgehead atoms. The quantitative estimate of drug-likeness (QED) is 0.275. The van der Waals surface area contributed by atoms with Gasteiger partial charge in [-0.15, -0.1) is 0 Å². The Morgan fingerprint density at radius 2 is 1.68 bits per heavy atom. The minimum absolute atomic E-state index is 0.156. The monoisotopic (exact) mass is 531 g/mol. The van der Waals surface area contributed by atoms with Crippen molar-refractivity contribution >= 4 is 36.1 Å². The van der Waals surface area contributed by atoms with Gasteiger partial charge in [-0.3, -0.25) is 4.98 Å². The van der Waals surface area contributed by atoms with E-state index < -0.39 is 8.80 Å². The number of rotatable bonds is 4. The fraction of sp³-hybridized carbons (Fsp3) is 0.111. The van der Waals surface area contributed by atoms with E-state index in [0.717, 1.165) is 24.8 Å². The molecule has 1 aromatic heterocycles. The van der Waals surface area contributed by atoms with Gasteiger partial charge in [-0.1, -0.05) is 101 Å². The maximum Gasteiger partial charge on any atom is 0.133 e. The van der Waals surface area contributed by atoms with Crippen LogP contribution in [0.15, 0.2) is 139 Å². The second-order valence-electron chi connectivity index (χ2n) is 10.5. The van der Waals surface area contributed by atoms with Crippen molar-refractivity contribution in [1.82, 2.24) is 4.98 Å². The number of pyridine rings is 1. The highest BCUT2D eigenvalue weighted by molar-refractivity contribution is 6.92. The van der Waals surface area contributed by atoms with Crippen molar-refractivity contribution in [3.63, 3.8) is 0 Å². The van der Waals surface area contributed by atoms with Crippen molar-refractivity contribution in [1.29, 1.82) is 5.26 Å². The highest BCUT2D eigenvalue weighted by atomic mass is 28.3. The van der Waals surface area contributed by atoms with E-state index in [1.54, 1.807) is 17.5 Å². The van der Waals surface area contributed by atoms with Gasteiger partial charge in [-0.2, -0.15) is 5.26 Å². The second-order valence-corrected chi connectivity index (χ2v) is 13.4. The molecular formula is C36H29N3Si. The van der Waals surface area contributed by atoms with Crippen molar-refractivity contribution in [2.24, 2.45) is 0 Å². The molecule has 0 fully saturated rings. The third kappa shape index (κ3) is 4.16. The Morgan fingerprint density at radius 3 is 2.50 bits per heavy atom. The van der Waals surface area contributed by atoms with Gasteiger partial charge in [0.2, 0.25) is 0 Å². The van der Waals surface area contributed by atoms with Crippen LogP contribution in [-0.2, 0) is 0 Å². The standard InChI is InChI=1S/C36H29N3Si/c37-24-28-22-23-38-25-31(28)27-20-18-26(19-21-27)30-12-4-5-13-32(30)39-33-14-6-8-16-35(33)40(29-10-2-1-3-11-29)36-17-9-7-15-34(36)39/h1-8,10-16,18-20,22-23,25,27,40H,9,17,21H2. The number of hydrogen-bond acceptors (Lipinski definition) is 3. The number of allylic oxidation sites excluding steroid dienone is 7. The van der Waals surface area contributed by atoms with Crippen molar-refractivity contribution in [2.45, 2.75) is 25.2 Å². The number of aromatic nitrogens is 1. The first-order valence-corrected chi connectivity index (χ1v) is 15.7. The first kappa shape index (κ1) is 24.3. The number of anilines is 2. The largest absolute Gasteiger partial charge is 0.310 e. The van der Waals surface area contributed by atoms with E-state index >= 15 is 0 Å². The minimum atomic E-state index is -1.56. The van der Waals surface area contributed by atoms with Gasteiger partial charge in [-0.05, 0) is 59.9 Å². The molecule has 0 spiro atoms. The summed E-state index contributed by atoms with van der Waals surface area (Å²) in [7, 11) is -1.56. The summed E-state index contributed by atoms with van der Waals surface area (Å²) in [6.07, 6.45) is 18.1. The normalized spacial score (nSPS) is 19.5. The molecule has 0 saturated carbocycles. The molecule has 1 aliphatic heterocycles. The summed E-state index contributed by atoms with van der Waals surface area (Å²) in [4.78, 5) is 6.80. The third-order valence-electron chi connectivity index (χ3n) is 8.32. The molecule has 40 heavy (non-hydrogen) atoms. The molecule has 2 heterocycles. The van der Waals surface area contributed by atoms with Gasteiger partial charge in [0.1, 0.15) is 8.80 Å². The molecule has 3 aromatic carbocycles. The zero-order valence-corrected chi connectivity index (χ0v) is 23.4. The van der Waals surface area contributed by atoms with Crippen molar-refractivity contribution < 1.29 is 0 Å². The lowest BCUT2D eigenvalue weighted by Crippen LogP contribution is -2.51. The average Bonchev–Trinajstić information content (AvgIpc) is 3.04. The van der Waals surface area contributed by atoms with Crippen molar-refractivity contribution in [3.05, 3.63) is 155 Å². The van der Waals surface area contributed by atoms with Crippen molar-refractivity contribution in [3.8, 4) is 6.07 Å². The van der Waals surface area contributed by atoms with Crippen LogP contribution in [0.5, 0.6) is 0 Å². The molecule has 2 unspecified atom stereocenters. The van der Waals surface area contributed by atoms with Gasteiger partial charge in [0, 0.05) is 35.3 Å². The molecule has 3 aliphatic rings. The topological polar surface area (TPSA) is 39.9 Å². The van der Waals surface area contributed by atoms with E-state index in [1.165, 1.54) is 38.6 Å². The summed E-state index contributed by atoms with van der Waals surface area (Å²) in [5.41, 5.74) is 8.00. The molecule has 4 aromatic rings. The maximum atomic E-state index is 9.60. The second kappa shape index (κ2) is 10.4. The molecule has 0 N–H and O–H groups in total. The number of benzene rings is 3. The smallest absolute Gasteiger partial charge is 0.133 e. The molecule has 0 radical (unpaired) electrons. The van der Waals surface area contributed by atoms with Crippen molar-refractivity contribution in [2.75, 3.05) is 4.90 Å². The molecule has 192 valence electrons. The molecule has 4 heteroatoms. The molecule has 7 rings (SSSR count). The highest BCUT2D eigenvalue weighted by Crippen LogP contribution is 2.43. The highest BCUT2D eigenvalue weighted by Gasteiger charge is 2.35. The van der Waals surface area contributed by atoms with Gasteiger partial charge in [0.25, 0.3) is 0 Å². The Kier molecular flexibility index (Phi) is 6.35. The van der Waals surface area contributed by atoms with Gasteiger partial charge in [0.15, 0.2) is 0 Å². The molecule has 2 aliphatic carbocycles. The predicted octanol–water partition coefficient (Wildman–Crippen LogP) is 6.72. The van der Waals surface area contributed by atoms with Crippen LogP contribution in [0.3, 0.4) is 0 Å². The van der Waals surface area contributed by atoms with Crippen LogP contribution in [0.1, 0.15) is 41.9 Å². The van der Waals surface area contributed by atoms with E-state index in [9.17, 15) is 5.26 Å². The van der Waals surface area contributed by atoms with E-state index in [4.69, 9.17) is 0 Å². The van der Waals surface area contributed by atoms with Gasteiger partial charge >= 0.3 is 0 Å². The number of para-hydroxylation sites is 2. The molecule has 2 atom stereocenters. The lowest BCUT2D eigenvalue weighted by atomic mass is 9.86. The number of hydrogen-bond donors (Lipinski definition) is 0. The number of nitrogens with zero attached hydrogens (tertiary/aromatic N) is 3. The van der Waals surface area contributed by atoms with Gasteiger partial charge < -0.3 is 4.90 Å². The lowest BCUT2D eigenvalue weighted by Gasteiger charge is -2.40. The summed E-state index contributed by atoms with van der Waals surface area (Å²) in [5.74, 6) is 0.156. The Bertz CT molecular complexity index is 1760. The fourth-order valence-corrected chi connectivity index (χ4v) is 10.0. The number of fused-ring (bicyclic) bond motifs is 1.